The van der Waals surface area contributed by atoms with Crippen LogP contribution in [0.25, 0.3) is 0 Å². The summed E-state index contributed by atoms with van der Waals surface area (Å²) in [6.07, 6.45) is 1.99. The number of nitrogens with zero attached hydrogens (tertiary/aromatic N) is 3. The Morgan fingerprint density at radius 1 is 0.848 bits per heavy atom. The number of amides is 1. The first kappa shape index (κ1) is 23.9. The molecule has 2 saturated heterocycles. The molecule has 0 spiro atoms. The van der Waals surface area contributed by atoms with Gasteiger partial charge in [-0.3, -0.25) is 4.79 Å². The molecule has 9 nitrogen and oxygen atoms in total. The lowest BCUT2D eigenvalue weighted by Crippen LogP contribution is -2.37. The van der Waals surface area contributed by atoms with Crippen LogP contribution in [0.15, 0.2) is 44.5 Å². The molecule has 0 radical (unpaired) electrons. The van der Waals surface area contributed by atoms with Crippen LogP contribution in [0.3, 0.4) is 0 Å². The van der Waals surface area contributed by atoms with Crippen LogP contribution in [0.2, 0.25) is 0 Å². The van der Waals surface area contributed by atoms with Gasteiger partial charge in [-0.05, 0) is 50.5 Å². The van der Waals surface area contributed by atoms with E-state index in [1.807, 2.05) is 0 Å². The molecule has 12 heteroatoms. The molecular formula is C21H26FN3O6S2. The summed E-state index contributed by atoms with van der Waals surface area (Å²) in [7, 11) is -7.55. The first-order valence-electron chi connectivity index (χ1n) is 10.8. The summed E-state index contributed by atoms with van der Waals surface area (Å²) in [5.41, 5.74) is 0. The van der Waals surface area contributed by atoms with Crippen LogP contribution in [0.1, 0.15) is 35.6 Å². The number of carbonyl (C=O) groups is 1. The van der Waals surface area contributed by atoms with Crippen molar-refractivity contribution in [3.05, 3.63) is 47.7 Å². The molecule has 2 fully saturated rings. The van der Waals surface area contributed by atoms with Crippen LogP contribution in [-0.2, 0) is 20.0 Å². The Morgan fingerprint density at radius 2 is 1.45 bits per heavy atom. The number of hydrogen-bond donors (Lipinski definition) is 0. The molecule has 0 bridgehead atoms. The first-order chi connectivity index (χ1) is 15.6. The molecule has 4 rings (SSSR count). The van der Waals surface area contributed by atoms with E-state index in [1.54, 1.807) is 0 Å². The summed E-state index contributed by atoms with van der Waals surface area (Å²) in [5, 5.41) is 0. The lowest BCUT2D eigenvalue weighted by atomic mass is 10.3. The second kappa shape index (κ2) is 9.16. The van der Waals surface area contributed by atoms with Crippen molar-refractivity contribution in [2.75, 3.05) is 39.3 Å². The Hall–Kier alpha value is -2.28. The van der Waals surface area contributed by atoms with Gasteiger partial charge in [-0.15, -0.1) is 0 Å². The third-order valence-corrected chi connectivity index (χ3v) is 9.88. The predicted octanol–water partition coefficient (Wildman–Crippen LogP) is 2.05. The van der Waals surface area contributed by atoms with Crippen molar-refractivity contribution in [2.24, 2.45) is 0 Å². The number of carbonyl (C=O) groups excluding carboxylic acids is 1. The fourth-order valence-electron chi connectivity index (χ4n) is 4.14. The van der Waals surface area contributed by atoms with E-state index in [0.717, 1.165) is 25.0 Å². The van der Waals surface area contributed by atoms with E-state index >= 15 is 0 Å². The van der Waals surface area contributed by atoms with Gasteiger partial charge in [-0.1, -0.05) is 0 Å². The van der Waals surface area contributed by atoms with Gasteiger partial charge in [0, 0.05) is 45.3 Å². The lowest BCUT2D eigenvalue weighted by Gasteiger charge is -2.21. The summed E-state index contributed by atoms with van der Waals surface area (Å²) < 4.78 is 72.9. The van der Waals surface area contributed by atoms with Gasteiger partial charge >= 0.3 is 0 Å². The van der Waals surface area contributed by atoms with Crippen LogP contribution in [0.4, 0.5) is 4.39 Å². The SMILES string of the molecule is Cc1oc(C(=O)N2CCCN(S(=O)(=O)c3ccc(F)cc3)CC2)cc1S(=O)(=O)N1CCCC1. The Kier molecular flexibility index (Phi) is 6.63. The fourth-order valence-corrected chi connectivity index (χ4v) is 7.29. The largest absolute Gasteiger partial charge is 0.455 e. The zero-order valence-corrected chi connectivity index (χ0v) is 19.9. The average Bonchev–Trinajstić information content (AvgIpc) is 3.38. The van der Waals surface area contributed by atoms with Crippen molar-refractivity contribution >= 4 is 26.0 Å². The lowest BCUT2D eigenvalue weighted by molar-refractivity contribution is 0.0731. The van der Waals surface area contributed by atoms with Gasteiger partial charge in [-0.25, -0.2) is 21.2 Å². The zero-order valence-electron chi connectivity index (χ0n) is 18.2. The van der Waals surface area contributed by atoms with E-state index in [9.17, 15) is 26.0 Å². The quantitative estimate of drug-likeness (QED) is 0.623. The van der Waals surface area contributed by atoms with Crippen LogP contribution in [0.5, 0.6) is 0 Å². The van der Waals surface area contributed by atoms with E-state index in [4.69, 9.17) is 4.42 Å². The van der Waals surface area contributed by atoms with Gasteiger partial charge in [0.1, 0.15) is 16.5 Å². The van der Waals surface area contributed by atoms with Gasteiger partial charge in [0.05, 0.1) is 4.90 Å². The maximum Gasteiger partial charge on any atom is 0.289 e. The van der Waals surface area contributed by atoms with Crippen molar-refractivity contribution in [2.45, 2.75) is 36.0 Å². The molecule has 0 atom stereocenters. The Labute approximate surface area is 192 Å². The predicted molar refractivity (Wildman–Crippen MR) is 117 cm³/mol. The van der Waals surface area contributed by atoms with Gasteiger partial charge in [-0.2, -0.15) is 8.61 Å². The van der Waals surface area contributed by atoms with Crippen molar-refractivity contribution in [3.63, 3.8) is 0 Å². The van der Waals surface area contributed by atoms with Gasteiger partial charge in [0.2, 0.25) is 20.0 Å². The minimum absolute atomic E-state index is 0.0110. The summed E-state index contributed by atoms with van der Waals surface area (Å²) >= 11 is 0. The molecule has 33 heavy (non-hydrogen) atoms. The molecule has 0 saturated carbocycles. The number of sulfonamides is 2. The summed E-state index contributed by atoms with van der Waals surface area (Å²) in [5.74, 6) is -0.941. The molecule has 2 aliphatic rings. The molecule has 1 amide bonds. The number of halogens is 1. The highest BCUT2D eigenvalue weighted by molar-refractivity contribution is 7.89. The zero-order chi connectivity index (χ0) is 23.8. The highest BCUT2D eigenvalue weighted by atomic mass is 32.2. The topological polar surface area (TPSA) is 108 Å². The van der Waals surface area contributed by atoms with E-state index < -0.39 is 31.8 Å². The van der Waals surface area contributed by atoms with Crippen LogP contribution in [0, 0.1) is 12.7 Å². The van der Waals surface area contributed by atoms with Crippen molar-refractivity contribution in [1.82, 2.24) is 13.5 Å². The molecule has 3 heterocycles. The van der Waals surface area contributed by atoms with Gasteiger partial charge < -0.3 is 9.32 Å². The number of rotatable bonds is 5. The molecule has 1 aromatic heterocycles. The third-order valence-electron chi connectivity index (χ3n) is 5.96. The Morgan fingerprint density at radius 3 is 2.12 bits per heavy atom. The molecule has 2 aromatic rings. The second-order valence-electron chi connectivity index (χ2n) is 8.15. The van der Waals surface area contributed by atoms with Crippen molar-refractivity contribution < 1.29 is 30.4 Å². The number of furan rings is 1. The van der Waals surface area contributed by atoms with Crippen LogP contribution in [-0.4, -0.2) is 75.5 Å². The number of benzene rings is 1. The molecule has 2 aliphatic heterocycles. The third kappa shape index (κ3) is 4.70. The standard InChI is InChI=1S/C21H26FN3O6S2/c1-16-20(33(29,30)24-10-2-3-11-24)15-19(31-16)21(26)23-9-4-12-25(14-13-23)32(27,28)18-7-5-17(22)6-8-18/h5-8,15H,2-4,9-14H2,1H3. The highest BCUT2D eigenvalue weighted by Crippen LogP contribution is 2.27. The van der Waals surface area contributed by atoms with Crippen molar-refractivity contribution in [1.29, 1.82) is 0 Å². The Bertz CT molecular complexity index is 1240. The van der Waals surface area contributed by atoms with Gasteiger partial charge in [0.25, 0.3) is 5.91 Å². The maximum atomic E-state index is 13.2. The molecule has 1 aromatic carbocycles. The van der Waals surface area contributed by atoms with Crippen molar-refractivity contribution in [3.8, 4) is 0 Å². The minimum Gasteiger partial charge on any atom is -0.455 e. The van der Waals surface area contributed by atoms with E-state index in [1.165, 1.54) is 38.6 Å². The Balaban J connectivity index is 1.49. The minimum atomic E-state index is -3.83. The molecule has 0 N–H and O–H groups in total. The van der Waals surface area contributed by atoms with Crippen LogP contribution >= 0.6 is 0 Å². The molecular weight excluding hydrogens is 473 g/mol. The van der Waals surface area contributed by atoms with E-state index in [0.29, 0.717) is 26.1 Å². The molecule has 180 valence electrons. The summed E-state index contributed by atoms with van der Waals surface area (Å²) in [6, 6.07) is 5.88. The summed E-state index contributed by atoms with van der Waals surface area (Å²) in [4.78, 5) is 14.5. The van der Waals surface area contributed by atoms with E-state index in [-0.39, 0.29) is 40.9 Å². The highest BCUT2D eigenvalue weighted by Gasteiger charge is 2.34. The summed E-state index contributed by atoms with van der Waals surface area (Å²) in [6.45, 7) is 3.08. The molecule has 0 unspecified atom stereocenters. The second-order valence-corrected chi connectivity index (χ2v) is 12.0. The first-order valence-corrected chi connectivity index (χ1v) is 13.6. The number of hydrogen-bond acceptors (Lipinski definition) is 6. The van der Waals surface area contributed by atoms with Gasteiger partial charge in [0.15, 0.2) is 5.76 Å². The van der Waals surface area contributed by atoms with E-state index in [2.05, 4.69) is 0 Å². The fraction of sp³-hybridized carbons (Fsp3) is 0.476. The molecule has 0 aliphatic carbocycles. The normalized spacial score (nSPS) is 19.0. The monoisotopic (exact) mass is 499 g/mol. The number of aryl methyl sites for hydroxylation is 1. The smallest absolute Gasteiger partial charge is 0.289 e. The van der Waals surface area contributed by atoms with Crippen LogP contribution < -0.4 is 0 Å². The maximum absolute atomic E-state index is 13.2. The average molecular weight is 500 g/mol.